The van der Waals surface area contributed by atoms with Crippen molar-refractivity contribution in [3.8, 4) is 6.07 Å². The zero-order valence-corrected chi connectivity index (χ0v) is 16.4. The van der Waals surface area contributed by atoms with Gasteiger partial charge in [0.05, 0.1) is 5.56 Å². The van der Waals surface area contributed by atoms with Crippen molar-refractivity contribution in [2.45, 2.75) is 46.1 Å². The number of anilines is 4. The van der Waals surface area contributed by atoms with Crippen LogP contribution in [-0.4, -0.2) is 21.9 Å². The van der Waals surface area contributed by atoms with Gasteiger partial charge >= 0.3 is 0 Å². The second kappa shape index (κ2) is 6.82. The second-order valence-electron chi connectivity index (χ2n) is 7.59. The molecule has 0 radical (unpaired) electrons. The van der Waals surface area contributed by atoms with Crippen molar-refractivity contribution < 1.29 is 4.79 Å². The van der Waals surface area contributed by atoms with E-state index in [1.54, 1.807) is 11.3 Å². The maximum absolute atomic E-state index is 12.4. The number of thiophene rings is 1. The molecule has 2 aromatic heterocycles. The molecule has 2 atom stereocenters. The number of amides is 1. The number of nitrogens with one attached hydrogen (secondary N) is 3. The fraction of sp³-hybridized carbons (Fsp3) is 0.474. The number of nitriles is 1. The van der Waals surface area contributed by atoms with E-state index in [9.17, 15) is 10.1 Å². The van der Waals surface area contributed by atoms with Gasteiger partial charge in [0, 0.05) is 4.88 Å². The molecule has 0 bridgehead atoms. The van der Waals surface area contributed by atoms with Crippen molar-refractivity contribution >= 4 is 39.6 Å². The minimum Gasteiger partial charge on any atom is -0.356 e. The van der Waals surface area contributed by atoms with Crippen LogP contribution in [0.5, 0.6) is 0 Å². The molecule has 7 nitrogen and oxygen atoms in total. The summed E-state index contributed by atoms with van der Waals surface area (Å²) in [4.78, 5) is 22.3. The highest BCUT2D eigenvalue weighted by Gasteiger charge is 2.31. The Morgan fingerprint density at radius 1 is 1.41 bits per heavy atom. The molecule has 2 aliphatic rings. The van der Waals surface area contributed by atoms with Gasteiger partial charge in [-0.3, -0.25) is 4.79 Å². The summed E-state index contributed by atoms with van der Waals surface area (Å²) >= 11 is 1.61. The van der Waals surface area contributed by atoms with E-state index in [0.29, 0.717) is 28.8 Å². The summed E-state index contributed by atoms with van der Waals surface area (Å²) in [7, 11) is 0. The van der Waals surface area contributed by atoms with Gasteiger partial charge in [-0.05, 0) is 36.7 Å². The van der Waals surface area contributed by atoms with Crippen molar-refractivity contribution in [2.75, 3.05) is 16.0 Å². The fourth-order valence-corrected chi connectivity index (χ4v) is 5.02. The van der Waals surface area contributed by atoms with Crippen LogP contribution in [0.4, 0.5) is 22.3 Å². The number of hydrogen-bond acceptors (Lipinski definition) is 7. The Kier molecular flexibility index (Phi) is 4.48. The van der Waals surface area contributed by atoms with E-state index in [1.165, 1.54) is 11.2 Å². The lowest BCUT2D eigenvalue weighted by Crippen LogP contribution is -2.43. The molecule has 1 amide bonds. The van der Waals surface area contributed by atoms with E-state index in [0.717, 1.165) is 29.8 Å². The average Bonchev–Trinajstić information content (AvgIpc) is 2.97. The molecule has 2 aromatic rings. The molecule has 4 rings (SSSR count). The van der Waals surface area contributed by atoms with Crippen LogP contribution in [0.1, 0.15) is 43.2 Å². The van der Waals surface area contributed by atoms with E-state index >= 15 is 0 Å². The second-order valence-corrected chi connectivity index (χ2v) is 8.70. The van der Waals surface area contributed by atoms with Crippen molar-refractivity contribution in [3.63, 3.8) is 0 Å². The van der Waals surface area contributed by atoms with Crippen molar-refractivity contribution in [3.05, 3.63) is 22.3 Å². The maximum Gasteiger partial charge on any atom is 0.247 e. The number of nitrogens with zero attached hydrogens (tertiary/aromatic N) is 3. The van der Waals surface area contributed by atoms with Gasteiger partial charge in [0.25, 0.3) is 0 Å². The van der Waals surface area contributed by atoms with Gasteiger partial charge in [-0.25, -0.2) is 9.97 Å². The molecular formula is C19H22N6OS. The maximum atomic E-state index is 12.4. The number of rotatable bonds is 3. The molecule has 8 heteroatoms. The molecule has 1 aliphatic carbocycles. The van der Waals surface area contributed by atoms with Gasteiger partial charge in [0.15, 0.2) is 11.6 Å². The first kappa shape index (κ1) is 17.7. The number of fused-ring (bicyclic) bond motifs is 2. The predicted molar refractivity (Wildman–Crippen MR) is 106 cm³/mol. The Balaban J connectivity index is 1.69. The standard InChI is InChI=1S/C19H22N6OS/c1-9(2)14-18(26)24-15-16(23-14)21-8-22-17(15)25-19-12(7-20)11-5-4-10(3)6-13(11)27-19/h8-10,14H,4-6H2,1-3H3,(H,24,26)(H2,21,22,23,25). The molecule has 0 saturated heterocycles. The van der Waals surface area contributed by atoms with Gasteiger partial charge < -0.3 is 16.0 Å². The molecule has 3 heterocycles. The smallest absolute Gasteiger partial charge is 0.247 e. The molecule has 0 spiro atoms. The molecule has 0 aromatic carbocycles. The Hall–Kier alpha value is -2.66. The number of carbonyl (C=O) groups excluding carboxylic acids is 1. The Labute approximate surface area is 162 Å². The van der Waals surface area contributed by atoms with Gasteiger partial charge in [-0.2, -0.15) is 5.26 Å². The third kappa shape index (κ3) is 3.12. The molecule has 0 fully saturated rings. The van der Waals surface area contributed by atoms with Crippen molar-refractivity contribution in [2.24, 2.45) is 11.8 Å². The SMILES string of the molecule is CC1CCc2c(sc(Nc3ncnc4c3NC(=O)C(C(C)C)N4)c2C#N)C1. The Morgan fingerprint density at radius 2 is 2.22 bits per heavy atom. The monoisotopic (exact) mass is 382 g/mol. The van der Waals surface area contributed by atoms with E-state index in [4.69, 9.17) is 0 Å². The van der Waals surface area contributed by atoms with Gasteiger partial charge in [0.1, 0.15) is 29.1 Å². The summed E-state index contributed by atoms with van der Waals surface area (Å²) in [6.45, 7) is 6.22. The first-order chi connectivity index (χ1) is 13.0. The van der Waals surface area contributed by atoms with E-state index in [-0.39, 0.29) is 17.9 Å². The van der Waals surface area contributed by atoms with Crippen LogP contribution in [0.2, 0.25) is 0 Å². The zero-order chi connectivity index (χ0) is 19.1. The van der Waals surface area contributed by atoms with Crippen LogP contribution in [0.15, 0.2) is 6.33 Å². The number of aromatic nitrogens is 2. The van der Waals surface area contributed by atoms with Gasteiger partial charge in [-0.15, -0.1) is 11.3 Å². The topological polar surface area (TPSA) is 103 Å². The lowest BCUT2D eigenvalue weighted by atomic mass is 9.89. The zero-order valence-electron chi connectivity index (χ0n) is 15.6. The van der Waals surface area contributed by atoms with E-state index in [2.05, 4.69) is 38.9 Å². The minimum atomic E-state index is -0.328. The minimum absolute atomic E-state index is 0.102. The van der Waals surface area contributed by atoms with Crippen LogP contribution < -0.4 is 16.0 Å². The third-order valence-corrected chi connectivity index (χ3v) is 6.36. The summed E-state index contributed by atoms with van der Waals surface area (Å²) in [5, 5.41) is 19.9. The summed E-state index contributed by atoms with van der Waals surface area (Å²) in [6, 6.07) is 2.02. The van der Waals surface area contributed by atoms with Crippen molar-refractivity contribution in [1.29, 1.82) is 5.26 Å². The predicted octanol–water partition coefficient (Wildman–Crippen LogP) is 3.67. The van der Waals surface area contributed by atoms with Crippen LogP contribution >= 0.6 is 11.3 Å². The van der Waals surface area contributed by atoms with Crippen LogP contribution in [0.3, 0.4) is 0 Å². The third-order valence-electron chi connectivity index (χ3n) is 5.19. The summed E-state index contributed by atoms with van der Waals surface area (Å²) in [6.07, 6.45) is 4.52. The molecule has 1 aliphatic heterocycles. The molecule has 27 heavy (non-hydrogen) atoms. The van der Waals surface area contributed by atoms with E-state index in [1.807, 2.05) is 13.8 Å². The Morgan fingerprint density at radius 3 is 2.96 bits per heavy atom. The summed E-state index contributed by atoms with van der Waals surface area (Å²) in [5.74, 6) is 1.78. The normalized spacial score (nSPS) is 20.9. The van der Waals surface area contributed by atoms with Crippen LogP contribution in [0.25, 0.3) is 0 Å². The largest absolute Gasteiger partial charge is 0.356 e. The first-order valence-electron chi connectivity index (χ1n) is 9.22. The van der Waals surface area contributed by atoms with E-state index < -0.39 is 0 Å². The quantitative estimate of drug-likeness (QED) is 0.748. The molecule has 0 saturated carbocycles. The highest BCUT2D eigenvalue weighted by atomic mass is 32.1. The average molecular weight is 382 g/mol. The van der Waals surface area contributed by atoms with Crippen LogP contribution in [-0.2, 0) is 17.6 Å². The first-order valence-corrected chi connectivity index (χ1v) is 10.0. The highest BCUT2D eigenvalue weighted by molar-refractivity contribution is 7.16. The number of carbonyl (C=O) groups is 1. The van der Waals surface area contributed by atoms with Crippen LogP contribution in [0, 0.1) is 23.2 Å². The fourth-order valence-electron chi connectivity index (χ4n) is 3.66. The lowest BCUT2D eigenvalue weighted by Gasteiger charge is -2.29. The molecule has 140 valence electrons. The number of hydrogen-bond donors (Lipinski definition) is 3. The van der Waals surface area contributed by atoms with Gasteiger partial charge in [-0.1, -0.05) is 20.8 Å². The van der Waals surface area contributed by atoms with Gasteiger partial charge in [0.2, 0.25) is 5.91 Å². The molecular weight excluding hydrogens is 360 g/mol. The summed E-state index contributed by atoms with van der Waals surface area (Å²) in [5.41, 5.74) is 2.39. The van der Waals surface area contributed by atoms with Crippen molar-refractivity contribution in [1.82, 2.24) is 9.97 Å². The molecule has 2 unspecified atom stereocenters. The lowest BCUT2D eigenvalue weighted by molar-refractivity contribution is -0.117. The summed E-state index contributed by atoms with van der Waals surface area (Å²) < 4.78 is 0. The highest BCUT2D eigenvalue weighted by Crippen LogP contribution is 2.42. The molecule has 3 N–H and O–H groups in total. The Bertz CT molecular complexity index is 944.